The lowest BCUT2D eigenvalue weighted by Gasteiger charge is -2.11. The van der Waals surface area contributed by atoms with E-state index in [1.165, 1.54) is 4.70 Å². The summed E-state index contributed by atoms with van der Waals surface area (Å²) in [7, 11) is 0. The number of para-hydroxylation sites is 1. The van der Waals surface area contributed by atoms with E-state index in [2.05, 4.69) is 27.0 Å². The molecule has 0 N–H and O–H groups in total. The quantitative estimate of drug-likeness (QED) is 0.485. The average molecular weight is 387 g/mol. The van der Waals surface area contributed by atoms with Gasteiger partial charge in [-0.2, -0.15) is 0 Å². The highest BCUT2D eigenvalue weighted by molar-refractivity contribution is 9.10. The molecule has 0 saturated carbocycles. The molecule has 1 heterocycles. The molecule has 0 aliphatic rings. The van der Waals surface area contributed by atoms with Crippen molar-refractivity contribution in [1.82, 2.24) is 4.98 Å². The number of aromatic nitrogens is 1. The largest absolute Gasteiger partial charge is 0.241 e. The fraction of sp³-hybridized carbons (Fsp3) is 0.133. The predicted molar refractivity (Wildman–Crippen MR) is 91.1 cm³/mol. The summed E-state index contributed by atoms with van der Waals surface area (Å²) >= 11 is 17.9. The summed E-state index contributed by atoms with van der Waals surface area (Å²) in [5.74, 6) is 0. The summed E-state index contributed by atoms with van der Waals surface area (Å²) in [5, 5.41) is 1.52. The normalized spacial score (nSPS) is 12.8. The van der Waals surface area contributed by atoms with E-state index in [1.54, 1.807) is 11.3 Å². The minimum atomic E-state index is -0.180. The molecule has 0 saturated heterocycles. The van der Waals surface area contributed by atoms with Gasteiger partial charge >= 0.3 is 0 Å². The number of thiazole rings is 1. The Labute approximate surface area is 139 Å². The molecule has 0 aliphatic heterocycles. The average Bonchev–Trinajstić information content (AvgIpc) is 2.83. The molecule has 1 nitrogen and oxygen atoms in total. The van der Waals surface area contributed by atoms with Gasteiger partial charge in [-0.15, -0.1) is 22.9 Å². The smallest absolute Gasteiger partial charge is 0.0956 e. The molecule has 102 valence electrons. The molecular formula is C15H10BrCl2NS. The Hall–Kier alpha value is -0.610. The third-order valence-corrected chi connectivity index (χ3v) is 5.77. The number of nitrogens with zero attached hydrogens (tertiary/aromatic N) is 1. The van der Waals surface area contributed by atoms with E-state index in [0.29, 0.717) is 11.4 Å². The monoisotopic (exact) mass is 385 g/mol. The molecule has 5 heteroatoms. The Bertz CT molecular complexity index is 723. The second-order valence-corrected chi connectivity index (χ2v) is 7.26. The molecule has 3 aromatic rings. The van der Waals surface area contributed by atoms with Crippen molar-refractivity contribution in [1.29, 1.82) is 0 Å². The fourth-order valence-corrected chi connectivity index (χ4v) is 4.16. The van der Waals surface area contributed by atoms with Crippen molar-refractivity contribution >= 4 is 60.7 Å². The summed E-state index contributed by atoms with van der Waals surface area (Å²) in [6, 6.07) is 13.9. The predicted octanol–water partition coefficient (Wildman–Crippen LogP) is 6.23. The van der Waals surface area contributed by atoms with E-state index in [0.717, 1.165) is 20.6 Å². The molecule has 0 aliphatic carbocycles. The maximum absolute atomic E-state index is 6.51. The zero-order valence-corrected chi connectivity index (χ0v) is 14.2. The molecule has 0 radical (unpaired) electrons. The van der Waals surface area contributed by atoms with Gasteiger partial charge < -0.3 is 0 Å². The molecule has 1 atom stereocenters. The van der Waals surface area contributed by atoms with Crippen LogP contribution in [0.3, 0.4) is 0 Å². The molecular weight excluding hydrogens is 377 g/mol. The van der Waals surface area contributed by atoms with Crippen LogP contribution in [0.4, 0.5) is 0 Å². The Balaban J connectivity index is 1.88. The van der Waals surface area contributed by atoms with Crippen LogP contribution in [-0.2, 0) is 6.42 Å². The van der Waals surface area contributed by atoms with Gasteiger partial charge in [0.2, 0.25) is 0 Å². The van der Waals surface area contributed by atoms with Gasteiger partial charge in [-0.25, -0.2) is 4.98 Å². The van der Waals surface area contributed by atoms with Gasteiger partial charge in [0.1, 0.15) is 0 Å². The Morgan fingerprint density at radius 3 is 2.75 bits per heavy atom. The number of halogens is 3. The van der Waals surface area contributed by atoms with Crippen LogP contribution < -0.4 is 0 Å². The first-order valence-corrected chi connectivity index (χ1v) is 8.50. The third-order valence-electron chi connectivity index (χ3n) is 3.01. The minimum Gasteiger partial charge on any atom is -0.241 e. The van der Waals surface area contributed by atoms with Gasteiger partial charge in [0.05, 0.1) is 25.6 Å². The number of fused-ring (bicyclic) bond motifs is 1. The maximum Gasteiger partial charge on any atom is 0.0956 e. The zero-order chi connectivity index (χ0) is 14.1. The lowest BCUT2D eigenvalue weighted by Crippen LogP contribution is -1.96. The van der Waals surface area contributed by atoms with Crippen LogP contribution in [0.15, 0.2) is 46.9 Å². The van der Waals surface area contributed by atoms with Crippen LogP contribution in [0.25, 0.3) is 10.2 Å². The zero-order valence-electron chi connectivity index (χ0n) is 10.3. The van der Waals surface area contributed by atoms with Gasteiger partial charge in [-0.05, 0) is 39.7 Å². The molecule has 0 fully saturated rings. The third kappa shape index (κ3) is 2.86. The number of hydrogen-bond donors (Lipinski definition) is 0. The van der Waals surface area contributed by atoms with E-state index in [9.17, 15) is 0 Å². The molecule has 0 bridgehead atoms. The maximum atomic E-state index is 6.51. The van der Waals surface area contributed by atoms with Crippen molar-refractivity contribution in [2.24, 2.45) is 0 Å². The van der Waals surface area contributed by atoms with E-state index < -0.39 is 0 Å². The first-order valence-electron chi connectivity index (χ1n) is 6.07. The van der Waals surface area contributed by atoms with Crippen molar-refractivity contribution in [3.8, 4) is 0 Å². The van der Waals surface area contributed by atoms with Gasteiger partial charge in [-0.1, -0.05) is 35.9 Å². The van der Waals surface area contributed by atoms with E-state index in [4.69, 9.17) is 23.2 Å². The standard InChI is InChI=1S/C15H10BrCl2NS/c16-10-5-3-4-9(15(10)18)11(17)8-14-19-12-6-1-2-7-13(12)20-14/h1-7,11H,8H2. The van der Waals surface area contributed by atoms with E-state index in [1.807, 2.05) is 36.4 Å². The van der Waals surface area contributed by atoms with Gasteiger partial charge in [0.25, 0.3) is 0 Å². The lowest BCUT2D eigenvalue weighted by atomic mass is 10.1. The van der Waals surface area contributed by atoms with Crippen LogP contribution in [-0.4, -0.2) is 4.98 Å². The second-order valence-electron chi connectivity index (χ2n) is 4.39. The van der Waals surface area contributed by atoms with Crippen LogP contribution in [0.1, 0.15) is 15.9 Å². The van der Waals surface area contributed by atoms with Crippen LogP contribution >= 0.6 is 50.5 Å². The SMILES string of the molecule is Clc1c(Br)cccc1C(Cl)Cc1nc2ccccc2s1. The number of benzene rings is 2. The fourth-order valence-electron chi connectivity index (χ4n) is 2.03. The van der Waals surface area contributed by atoms with Crippen molar-refractivity contribution in [3.05, 3.63) is 62.5 Å². The van der Waals surface area contributed by atoms with Gasteiger partial charge in [0, 0.05) is 10.9 Å². The van der Waals surface area contributed by atoms with Crippen molar-refractivity contribution in [2.75, 3.05) is 0 Å². The van der Waals surface area contributed by atoms with E-state index in [-0.39, 0.29) is 5.38 Å². The summed E-state index contributed by atoms with van der Waals surface area (Å²) in [6.07, 6.45) is 0.678. The summed E-state index contributed by atoms with van der Waals surface area (Å²) in [5.41, 5.74) is 1.96. The first-order chi connectivity index (χ1) is 9.65. The highest BCUT2D eigenvalue weighted by atomic mass is 79.9. The van der Waals surface area contributed by atoms with Crippen LogP contribution in [0.5, 0.6) is 0 Å². The Morgan fingerprint density at radius 1 is 1.15 bits per heavy atom. The number of hydrogen-bond acceptors (Lipinski definition) is 2. The van der Waals surface area contributed by atoms with E-state index >= 15 is 0 Å². The molecule has 3 rings (SSSR count). The minimum absolute atomic E-state index is 0.180. The highest BCUT2D eigenvalue weighted by Crippen LogP contribution is 2.36. The molecule has 1 aromatic heterocycles. The molecule has 1 unspecified atom stereocenters. The molecule has 20 heavy (non-hydrogen) atoms. The topological polar surface area (TPSA) is 12.9 Å². The van der Waals surface area contributed by atoms with Gasteiger partial charge in [-0.3, -0.25) is 0 Å². The highest BCUT2D eigenvalue weighted by Gasteiger charge is 2.16. The summed E-state index contributed by atoms with van der Waals surface area (Å²) in [4.78, 5) is 4.61. The molecule has 0 amide bonds. The number of alkyl halides is 1. The van der Waals surface area contributed by atoms with Crippen LogP contribution in [0.2, 0.25) is 5.02 Å². The van der Waals surface area contributed by atoms with Gasteiger partial charge in [0.15, 0.2) is 0 Å². The Kier molecular flexibility index (Phi) is 4.32. The van der Waals surface area contributed by atoms with Crippen LogP contribution in [0, 0.1) is 0 Å². The second kappa shape index (κ2) is 6.02. The summed E-state index contributed by atoms with van der Waals surface area (Å²) in [6.45, 7) is 0. The van der Waals surface area contributed by atoms with Crippen molar-refractivity contribution < 1.29 is 0 Å². The van der Waals surface area contributed by atoms with Crippen molar-refractivity contribution in [2.45, 2.75) is 11.8 Å². The number of rotatable bonds is 3. The lowest BCUT2D eigenvalue weighted by molar-refractivity contribution is 0.910. The molecule has 2 aromatic carbocycles. The first kappa shape index (κ1) is 14.3. The Morgan fingerprint density at radius 2 is 1.95 bits per heavy atom. The molecule has 0 spiro atoms. The van der Waals surface area contributed by atoms with Crippen molar-refractivity contribution in [3.63, 3.8) is 0 Å². The summed E-state index contributed by atoms with van der Waals surface area (Å²) < 4.78 is 2.05.